The van der Waals surface area contributed by atoms with E-state index in [1.165, 1.54) is 12.3 Å². The summed E-state index contributed by atoms with van der Waals surface area (Å²) in [5, 5.41) is 2.66. The molecular weight excluding hydrogens is 168 g/mol. The molecule has 1 aromatic heterocycles. The van der Waals surface area contributed by atoms with Gasteiger partial charge < -0.3 is 10.3 Å². The van der Waals surface area contributed by atoms with E-state index in [1.54, 1.807) is 19.9 Å². The molecule has 0 aliphatic heterocycles. The maximum atomic E-state index is 11.2. The van der Waals surface area contributed by atoms with Crippen molar-refractivity contribution in [2.24, 2.45) is 5.92 Å². The number of anilines is 1. The number of pyridine rings is 1. The molecule has 1 amide bonds. The minimum Gasteiger partial charge on any atom is -0.327 e. The molecule has 0 aliphatic carbocycles. The Morgan fingerprint density at radius 2 is 2.15 bits per heavy atom. The van der Waals surface area contributed by atoms with Gasteiger partial charge in [-0.25, -0.2) is 0 Å². The quantitative estimate of drug-likeness (QED) is 0.712. The second-order valence-electron chi connectivity index (χ2n) is 3.09. The van der Waals surface area contributed by atoms with Gasteiger partial charge in [0.15, 0.2) is 0 Å². The number of hydrogen-bond donors (Lipinski definition) is 2. The van der Waals surface area contributed by atoms with Crippen molar-refractivity contribution in [3.8, 4) is 0 Å². The smallest absolute Gasteiger partial charge is 0.248 e. The summed E-state index contributed by atoms with van der Waals surface area (Å²) in [6.45, 7) is 3.61. The maximum Gasteiger partial charge on any atom is 0.248 e. The Kier molecular flexibility index (Phi) is 2.84. The van der Waals surface area contributed by atoms with Gasteiger partial charge in [-0.3, -0.25) is 9.59 Å². The highest BCUT2D eigenvalue weighted by molar-refractivity contribution is 5.91. The van der Waals surface area contributed by atoms with Gasteiger partial charge in [0.1, 0.15) is 0 Å². The molecule has 0 fully saturated rings. The molecule has 13 heavy (non-hydrogen) atoms. The monoisotopic (exact) mass is 180 g/mol. The summed E-state index contributed by atoms with van der Waals surface area (Å²) < 4.78 is 0. The third kappa shape index (κ3) is 2.74. The first-order valence-electron chi connectivity index (χ1n) is 4.09. The van der Waals surface area contributed by atoms with E-state index in [9.17, 15) is 9.59 Å². The van der Waals surface area contributed by atoms with Crippen molar-refractivity contribution in [1.29, 1.82) is 0 Å². The molecule has 0 atom stereocenters. The van der Waals surface area contributed by atoms with Crippen molar-refractivity contribution in [3.63, 3.8) is 0 Å². The molecule has 1 aromatic rings. The highest BCUT2D eigenvalue weighted by Crippen LogP contribution is 2.03. The lowest BCUT2D eigenvalue weighted by molar-refractivity contribution is -0.118. The largest absolute Gasteiger partial charge is 0.327 e. The first-order chi connectivity index (χ1) is 6.09. The number of carbonyl (C=O) groups is 1. The minimum atomic E-state index is -0.178. The molecule has 0 bridgehead atoms. The molecule has 0 unspecified atom stereocenters. The third-order valence-electron chi connectivity index (χ3n) is 1.58. The van der Waals surface area contributed by atoms with Crippen LogP contribution in [0.25, 0.3) is 0 Å². The fraction of sp³-hybridized carbons (Fsp3) is 0.333. The Bertz CT molecular complexity index is 334. The molecule has 1 rings (SSSR count). The van der Waals surface area contributed by atoms with Crippen molar-refractivity contribution >= 4 is 11.6 Å². The summed E-state index contributed by atoms with van der Waals surface area (Å²) in [6, 6.07) is 2.94. The number of rotatable bonds is 2. The lowest BCUT2D eigenvalue weighted by atomic mass is 10.2. The number of hydrogen-bond acceptors (Lipinski definition) is 2. The Morgan fingerprint density at radius 3 is 2.62 bits per heavy atom. The molecule has 0 radical (unpaired) electrons. The van der Waals surface area contributed by atoms with E-state index in [0.29, 0.717) is 5.69 Å². The Morgan fingerprint density at radius 1 is 1.46 bits per heavy atom. The zero-order chi connectivity index (χ0) is 9.84. The van der Waals surface area contributed by atoms with Crippen LogP contribution < -0.4 is 10.9 Å². The Hall–Kier alpha value is -1.58. The van der Waals surface area contributed by atoms with Gasteiger partial charge in [0.25, 0.3) is 0 Å². The van der Waals surface area contributed by atoms with E-state index < -0.39 is 0 Å². The summed E-state index contributed by atoms with van der Waals surface area (Å²) in [6.07, 6.45) is 1.47. The van der Waals surface area contributed by atoms with Gasteiger partial charge in [0, 0.05) is 18.2 Å². The Labute approximate surface area is 76.0 Å². The van der Waals surface area contributed by atoms with Crippen LogP contribution in [0.4, 0.5) is 5.69 Å². The average molecular weight is 180 g/mol. The van der Waals surface area contributed by atoms with Crippen LogP contribution in [0.15, 0.2) is 23.1 Å². The molecule has 70 valence electrons. The normalized spacial score (nSPS) is 10.1. The van der Waals surface area contributed by atoms with Gasteiger partial charge in [-0.2, -0.15) is 0 Å². The first kappa shape index (κ1) is 9.51. The third-order valence-corrected chi connectivity index (χ3v) is 1.58. The molecule has 4 nitrogen and oxygen atoms in total. The Balaban J connectivity index is 2.70. The van der Waals surface area contributed by atoms with Gasteiger partial charge in [-0.15, -0.1) is 0 Å². The van der Waals surface area contributed by atoms with Crippen molar-refractivity contribution in [1.82, 2.24) is 4.98 Å². The highest BCUT2D eigenvalue weighted by atomic mass is 16.2. The molecule has 0 aliphatic rings. The van der Waals surface area contributed by atoms with Crippen LogP contribution in [0.3, 0.4) is 0 Å². The summed E-state index contributed by atoms with van der Waals surface area (Å²) >= 11 is 0. The molecule has 0 aromatic carbocycles. The van der Waals surface area contributed by atoms with Crippen LogP contribution in [0.2, 0.25) is 0 Å². The predicted molar refractivity (Wildman–Crippen MR) is 50.5 cm³/mol. The predicted octanol–water partition coefficient (Wildman–Crippen LogP) is 0.969. The summed E-state index contributed by atoms with van der Waals surface area (Å²) in [5.74, 6) is -0.126. The van der Waals surface area contributed by atoms with E-state index >= 15 is 0 Å². The summed E-state index contributed by atoms with van der Waals surface area (Å²) in [4.78, 5) is 24.3. The second-order valence-corrected chi connectivity index (χ2v) is 3.09. The van der Waals surface area contributed by atoms with Gasteiger partial charge in [0.05, 0.1) is 5.69 Å². The topological polar surface area (TPSA) is 62.0 Å². The zero-order valence-electron chi connectivity index (χ0n) is 7.63. The van der Waals surface area contributed by atoms with E-state index in [4.69, 9.17) is 0 Å². The van der Waals surface area contributed by atoms with Crippen LogP contribution >= 0.6 is 0 Å². The molecule has 0 saturated carbocycles. The van der Waals surface area contributed by atoms with Crippen molar-refractivity contribution in [2.45, 2.75) is 13.8 Å². The zero-order valence-corrected chi connectivity index (χ0v) is 7.63. The standard InChI is InChI=1S/C9H12N2O2/c1-6(2)9(13)11-7-3-4-8(12)10-5-7/h3-6H,1-2H3,(H,10,12)(H,11,13). The van der Waals surface area contributed by atoms with Crippen LogP contribution in [0.5, 0.6) is 0 Å². The first-order valence-corrected chi connectivity index (χ1v) is 4.09. The van der Waals surface area contributed by atoms with E-state index in [-0.39, 0.29) is 17.4 Å². The molecule has 1 heterocycles. The number of amides is 1. The number of H-pyrrole nitrogens is 1. The van der Waals surface area contributed by atoms with E-state index in [2.05, 4.69) is 10.3 Å². The average Bonchev–Trinajstić information content (AvgIpc) is 2.08. The number of aromatic amines is 1. The summed E-state index contributed by atoms with van der Waals surface area (Å²) in [7, 11) is 0. The SMILES string of the molecule is CC(C)C(=O)Nc1ccc(=O)[nH]c1. The molecule has 0 spiro atoms. The van der Waals surface area contributed by atoms with Crippen LogP contribution in [-0.2, 0) is 4.79 Å². The van der Waals surface area contributed by atoms with Crippen LogP contribution in [0, 0.1) is 5.92 Å². The van der Waals surface area contributed by atoms with E-state index in [1.807, 2.05) is 0 Å². The van der Waals surface area contributed by atoms with Crippen molar-refractivity contribution in [3.05, 3.63) is 28.7 Å². The number of nitrogens with one attached hydrogen (secondary N) is 2. The van der Waals surface area contributed by atoms with Gasteiger partial charge in [-0.1, -0.05) is 13.8 Å². The van der Waals surface area contributed by atoms with E-state index in [0.717, 1.165) is 0 Å². The van der Waals surface area contributed by atoms with Gasteiger partial charge in [-0.05, 0) is 6.07 Å². The van der Waals surface area contributed by atoms with Gasteiger partial charge >= 0.3 is 0 Å². The van der Waals surface area contributed by atoms with Crippen LogP contribution in [0.1, 0.15) is 13.8 Å². The lowest BCUT2D eigenvalue weighted by Gasteiger charge is -2.06. The number of carbonyl (C=O) groups excluding carboxylic acids is 1. The molecule has 4 heteroatoms. The minimum absolute atomic E-state index is 0.0629. The van der Waals surface area contributed by atoms with Crippen LogP contribution in [-0.4, -0.2) is 10.9 Å². The fourth-order valence-corrected chi connectivity index (χ4v) is 0.775. The maximum absolute atomic E-state index is 11.2. The van der Waals surface area contributed by atoms with Gasteiger partial charge in [0.2, 0.25) is 11.5 Å². The number of aromatic nitrogens is 1. The van der Waals surface area contributed by atoms with Crippen molar-refractivity contribution < 1.29 is 4.79 Å². The summed E-state index contributed by atoms with van der Waals surface area (Å²) in [5.41, 5.74) is 0.431. The van der Waals surface area contributed by atoms with Crippen molar-refractivity contribution in [2.75, 3.05) is 5.32 Å². The fourth-order valence-electron chi connectivity index (χ4n) is 0.775. The highest BCUT2D eigenvalue weighted by Gasteiger charge is 2.06. The molecule has 2 N–H and O–H groups in total. The second kappa shape index (κ2) is 3.89. The molecule has 0 saturated heterocycles. The molecular formula is C9H12N2O2. The lowest BCUT2D eigenvalue weighted by Crippen LogP contribution is -2.18.